The van der Waals surface area contributed by atoms with Crippen molar-refractivity contribution in [3.8, 4) is 0 Å². The number of rotatable bonds is 11. The third-order valence-electron chi connectivity index (χ3n) is 17.1. The van der Waals surface area contributed by atoms with E-state index in [-0.39, 0.29) is 41.3 Å². The fraction of sp³-hybridized carbons (Fsp3) is 0.955. The van der Waals surface area contributed by atoms with Crippen LogP contribution < -0.4 is 0 Å². The van der Waals surface area contributed by atoms with Gasteiger partial charge < -0.3 is 89.3 Å². The molecule has 62 heavy (non-hydrogen) atoms. The molecule has 18 heteroatoms. The maximum Gasteiger partial charge on any atom is 0.189 e. The number of aliphatic hydroxyl groups is 11. The van der Waals surface area contributed by atoms with Gasteiger partial charge in [-0.2, -0.15) is 0 Å². The molecule has 0 amide bonds. The Kier molecular flexibility index (Phi) is 13.7. The lowest BCUT2D eigenvalue weighted by atomic mass is 9.47. The van der Waals surface area contributed by atoms with E-state index in [4.69, 9.17) is 33.2 Å². The van der Waals surface area contributed by atoms with Gasteiger partial charge in [0.1, 0.15) is 61.0 Å². The van der Waals surface area contributed by atoms with Crippen LogP contribution in [0.5, 0.6) is 0 Å². The molecule has 3 saturated carbocycles. The fourth-order valence-electron chi connectivity index (χ4n) is 13.3. The van der Waals surface area contributed by atoms with Crippen molar-refractivity contribution in [2.75, 3.05) is 13.2 Å². The Morgan fingerprint density at radius 3 is 2.13 bits per heavy atom. The van der Waals surface area contributed by atoms with Gasteiger partial charge in [0.05, 0.1) is 24.9 Å². The van der Waals surface area contributed by atoms with E-state index >= 15 is 0 Å². The molecule has 0 aromatic carbocycles. The van der Waals surface area contributed by atoms with E-state index in [0.717, 1.165) is 32.1 Å². The van der Waals surface area contributed by atoms with Crippen LogP contribution in [0.4, 0.5) is 0 Å². The molecule has 356 valence electrons. The maximum atomic E-state index is 11.9. The molecular formula is C44H72O18. The molecule has 8 rings (SSSR count). The van der Waals surface area contributed by atoms with Crippen molar-refractivity contribution in [2.24, 2.45) is 46.3 Å². The average Bonchev–Trinajstić information content (AvgIpc) is 3.68. The van der Waals surface area contributed by atoms with E-state index in [1.165, 1.54) is 12.5 Å². The summed E-state index contributed by atoms with van der Waals surface area (Å²) < 4.78 is 42.3. The third-order valence-corrected chi connectivity index (χ3v) is 17.1. The lowest BCUT2D eigenvalue weighted by Crippen LogP contribution is -2.66. The second-order valence-corrected chi connectivity index (χ2v) is 20.6. The summed E-state index contributed by atoms with van der Waals surface area (Å²) in [5.41, 5.74) is 1.21. The first-order valence-electron chi connectivity index (χ1n) is 22.9. The smallest absolute Gasteiger partial charge is 0.189 e. The molecule has 0 radical (unpaired) electrons. The number of ether oxygens (including phenoxy) is 7. The molecule has 4 heterocycles. The highest BCUT2D eigenvalue weighted by Gasteiger charge is 2.68. The molecule has 8 aliphatic rings. The molecule has 3 unspecified atom stereocenters. The van der Waals surface area contributed by atoms with Crippen LogP contribution >= 0.6 is 0 Å². The average molecular weight is 889 g/mol. The molecule has 26 atom stereocenters. The summed E-state index contributed by atoms with van der Waals surface area (Å²) in [4.78, 5) is 0. The minimum Gasteiger partial charge on any atom is -0.396 e. The fourth-order valence-corrected chi connectivity index (χ4v) is 13.3. The van der Waals surface area contributed by atoms with Crippen molar-refractivity contribution >= 4 is 0 Å². The number of fused-ring (bicyclic) bond motifs is 7. The van der Waals surface area contributed by atoms with Crippen molar-refractivity contribution in [3.63, 3.8) is 0 Å². The lowest BCUT2D eigenvalue weighted by molar-refractivity contribution is -0.397. The summed E-state index contributed by atoms with van der Waals surface area (Å²) in [5, 5.41) is 117. The van der Waals surface area contributed by atoms with Crippen molar-refractivity contribution in [3.05, 3.63) is 11.6 Å². The minimum atomic E-state index is -1.95. The first-order valence-corrected chi connectivity index (χ1v) is 22.9. The summed E-state index contributed by atoms with van der Waals surface area (Å²) in [5.74, 6) is 0.486. The molecule has 7 fully saturated rings. The van der Waals surface area contributed by atoms with Gasteiger partial charge in [-0.05, 0) is 98.7 Å². The highest BCUT2D eigenvalue weighted by Crippen LogP contribution is 2.70. The first-order chi connectivity index (χ1) is 29.3. The molecule has 0 aromatic heterocycles. The predicted molar refractivity (Wildman–Crippen MR) is 213 cm³/mol. The monoisotopic (exact) mass is 888 g/mol. The van der Waals surface area contributed by atoms with Gasteiger partial charge in [0, 0.05) is 18.9 Å². The number of hydrogen-bond donors (Lipinski definition) is 11. The molecule has 0 aromatic rings. The highest BCUT2D eigenvalue weighted by atomic mass is 16.8. The Balaban J connectivity index is 0.982. The number of aliphatic hydroxyl groups excluding tert-OH is 10. The molecule has 4 aliphatic heterocycles. The van der Waals surface area contributed by atoms with Gasteiger partial charge in [0.2, 0.25) is 0 Å². The molecule has 4 aliphatic carbocycles. The minimum absolute atomic E-state index is 0.00716. The van der Waals surface area contributed by atoms with Gasteiger partial charge in [0.15, 0.2) is 30.9 Å². The van der Waals surface area contributed by atoms with Gasteiger partial charge in [-0.1, -0.05) is 39.3 Å². The maximum absolute atomic E-state index is 11.9. The van der Waals surface area contributed by atoms with Crippen LogP contribution in [0.3, 0.4) is 0 Å². The van der Waals surface area contributed by atoms with E-state index in [1.807, 2.05) is 6.92 Å². The quantitative estimate of drug-likeness (QED) is 0.112. The Hall–Kier alpha value is -0.980. The van der Waals surface area contributed by atoms with E-state index in [9.17, 15) is 56.2 Å². The molecule has 18 nitrogen and oxygen atoms in total. The summed E-state index contributed by atoms with van der Waals surface area (Å²) in [7, 11) is 0. The second kappa shape index (κ2) is 17.9. The molecule has 4 saturated heterocycles. The van der Waals surface area contributed by atoms with Crippen LogP contribution in [-0.2, 0) is 33.2 Å². The molecule has 11 N–H and O–H groups in total. The van der Waals surface area contributed by atoms with Crippen LogP contribution in [0, 0.1) is 46.3 Å². The van der Waals surface area contributed by atoms with Crippen molar-refractivity contribution in [1.29, 1.82) is 0 Å². The normalized spacial score (nSPS) is 55.7. The van der Waals surface area contributed by atoms with Crippen LogP contribution in [0.2, 0.25) is 0 Å². The summed E-state index contributed by atoms with van der Waals surface area (Å²) in [6.45, 7) is 9.75. The van der Waals surface area contributed by atoms with E-state index < -0.39 is 111 Å². The van der Waals surface area contributed by atoms with Crippen molar-refractivity contribution in [2.45, 2.75) is 203 Å². The Morgan fingerprint density at radius 2 is 1.44 bits per heavy atom. The third kappa shape index (κ3) is 8.06. The van der Waals surface area contributed by atoms with Gasteiger partial charge in [-0.3, -0.25) is 0 Å². The molecule has 0 bridgehead atoms. The highest BCUT2D eigenvalue weighted by molar-refractivity contribution is 5.26. The molecule has 0 spiro atoms. The van der Waals surface area contributed by atoms with Crippen molar-refractivity contribution in [1.82, 2.24) is 0 Å². The Morgan fingerprint density at radius 1 is 0.758 bits per heavy atom. The molecular weight excluding hydrogens is 816 g/mol. The van der Waals surface area contributed by atoms with Gasteiger partial charge >= 0.3 is 0 Å². The first kappa shape index (κ1) is 47.5. The van der Waals surface area contributed by atoms with Crippen LogP contribution in [0.25, 0.3) is 0 Å². The van der Waals surface area contributed by atoms with Crippen LogP contribution in [-0.4, -0.2) is 180 Å². The second-order valence-electron chi connectivity index (χ2n) is 20.6. The van der Waals surface area contributed by atoms with Gasteiger partial charge in [-0.25, -0.2) is 0 Å². The summed E-state index contributed by atoms with van der Waals surface area (Å²) in [6, 6.07) is 0. The predicted octanol–water partition coefficient (Wildman–Crippen LogP) is -0.874. The zero-order valence-corrected chi connectivity index (χ0v) is 36.4. The topological polar surface area (TPSA) is 287 Å². The van der Waals surface area contributed by atoms with Gasteiger partial charge in [0.25, 0.3) is 0 Å². The largest absolute Gasteiger partial charge is 0.396 e. The number of hydrogen-bond acceptors (Lipinski definition) is 18. The standard InChI is InChI=1S/C44H72O18/c1-18(16-45)8-13-44(55)19(2)28-26(62-44)15-25-23-7-6-21-14-22(9-11-42(21,4)24(23)10-12-43(25,28)5)57-41-37(60-39-33(51)30(48)29(47)20(3)56-39)35(53)36(27(17-46)58-41)59-40-34(52)31(49)32(50)38(54)61-40/h6,18-20,22-41,45-55H,7-17H2,1-5H3/t18-,19-,20-,22?,23+,24-,25-,26?,27+,28+,29-,30+,31+,32+,33+,34+,35-,36+,37+,38+,39-,40+,41+,42-,43-,44?/m0/s1. The Bertz CT molecular complexity index is 1590. The summed E-state index contributed by atoms with van der Waals surface area (Å²) in [6.07, 6.45) is -15.3. The van der Waals surface area contributed by atoms with Gasteiger partial charge in [-0.15, -0.1) is 0 Å². The zero-order valence-electron chi connectivity index (χ0n) is 36.4. The van der Waals surface area contributed by atoms with E-state index in [0.29, 0.717) is 43.4 Å². The lowest BCUT2D eigenvalue weighted by Gasteiger charge is -2.58. The van der Waals surface area contributed by atoms with Crippen molar-refractivity contribution < 1.29 is 89.3 Å². The van der Waals surface area contributed by atoms with Crippen LogP contribution in [0.15, 0.2) is 11.6 Å². The van der Waals surface area contributed by atoms with E-state index in [1.54, 1.807) is 0 Å². The SMILES string of the molecule is C[C@H](CO)CCC1(O)OC2C[C@H]3[C@@H]4CC=C5CC(O[C@@H]6O[C@H](CO)[C@@H](O[C@@H]7O[C@@H](O)[C@H](O)[C@@H](O)[C@H]7O)[C@H](O)[C@H]6O[C@@H]6O[C@@H](C)[C@H](O)[C@@H](O)[C@H]6O)CC[C@]5(C)[C@H]4CC[C@]3(C)[C@@H]2[C@@H]1C. The summed E-state index contributed by atoms with van der Waals surface area (Å²) >= 11 is 0. The Labute approximate surface area is 362 Å². The van der Waals surface area contributed by atoms with E-state index in [2.05, 4.69) is 26.8 Å². The number of allylic oxidation sites excluding steroid dienone is 1. The van der Waals surface area contributed by atoms with Crippen LogP contribution in [0.1, 0.15) is 92.4 Å². The zero-order chi connectivity index (χ0) is 44.8.